The van der Waals surface area contributed by atoms with E-state index in [0.717, 1.165) is 13.0 Å². The molecule has 1 nitrogen and oxygen atoms in total. The fraction of sp³-hybridized carbons (Fsp3) is 0.455. The van der Waals surface area contributed by atoms with Crippen molar-refractivity contribution in [2.75, 3.05) is 13.6 Å². The molecule has 0 radical (unpaired) electrons. The Kier molecular flexibility index (Phi) is 4.19. The van der Waals surface area contributed by atoms with E-state index < -0.39 is 0 Å². The highest BCUT2D eigenvalue weighted by Crippen LogP contribution is 2.18. The van der Waals surface area contributed by atoms with Crippen molar-refractivity contribution in [2.45, 2.75) is 20.3 Å². The first-order valence-corrected chi connectivity index (χ1v) is 5.48. The molecular formula is C11H17NS. The maximum atomic E-state index is 3.18. The van der Waals surface area contributed by atoms with E-state index in [9.17, 15) is 0 Å². The molecule has 0 saturated carbocycles. The van der Waals surface area contributed by atoms with Gasteiger partial charge in [0.1, 0.15) is 0 Å². The van der Waals surface area contributed by atoms with Gasteiger partial charge in [0, 0.05) is 16.3 Å². The molecule has 0 aromatic carbocycles. The molecule has 0 aliphatic heterocycles. The van der Waals surface area contributed by atoms with E-state index in [-0.39, 0.29) is 0 Å². The minimum atomic E-state index is 0.993. The number of thiophene rings is 1. The Morgan fingerprint density at radius 1 is 1.54 bits per heavy atom. The van der Waals surface area contributed by atoms with Gasteiger partial charge in [-0.05, 0) is 38.6 Å². The van der Waals surface area contributed by atoms with Gasteiger partial charge in [-0.1, -0.05) is 12.5 Å². The first kappa shape index (κ1) is 10.5. The third-order valence-corrected chi connectivity index (χ3v) is 2.91. The molecule has 13 heavy (non-hydrogen) atoms. The van der Waals surface area contributed by atoms with Gasteiger partial charge >= 0.3 is 0 Å². The number of hydrogen-bond donors (Lipinski definition) is 1. The Hall–Kier alpha value is -0.600. The predicted molar refractivity (Wildman–Crippen MR) is 61.3 cm³/mol. The van der Waals surface area contributed by atoms with Crippen LogP contribution in [0.3, 0.4) is 0 Å². The third kappa shape index (κ3) is 3.33. The van der Waals surface area contributed by atoms with Crippen molar-refractivity contribution in [1.82, 2.24) is 5.32 Å². The molecule has 0 fully saturated rings. The van der Waals surface area contributed by atoms with Crippen molar-refractivity contribution >= 4 is 17.4 Å². The van der Waals surface area contributed by atoms with E-state index >= 15 is 0 Å². The summed E-state index contributed by atoms with van der Waals surface area (Å²) in [4.78, 5) is 2.75. The van der Waals surface area contributed by atoms with Gasteiger partial charge in [-0.2, -0.15) is 0 Å². The van der Waals surface area contributed by atoms with Crippen molar-refractivity contribution in [3.63, 3.8) is 0 Å². The summed E-state index contributed by atoms with van der Waals surface area (Å²) < 4.78 is 0. The summed E-state index contributed by atoms with van der Waals surface area (Å²) in [5, 5.41) is 3.18. The predicted octanol–water partition coefficient (Wildman–Crippen LogP) is 3.07. The maximum Gasteiger partial charge on any atom is 0.0273 e. The monoisotopic (exact) mass is 195 g/mol. The highest BCUT2D eigenvalue weighted by molar-refractivity contribution is 7.12. The molecule has 1 N–H and O–H groups in total. The standard InChI is InChI=1S/C11H17NS/c1-4-10(8-12-3)7-11-6-5-9(2)13-11/h5-7,12H,4,8H2,1-3H3. The Labute approximate surface area is 84.5 Å². The molecule has 1 heterocycles. The van der Waals surface area contributed by atoms with Gasteiger partial charge < -0.3 is 5.32 Å². The summed E-state index contributed by atoms with van der Waals surface area (Å²) in [7, 11) is 1.99. The topological polar surface area (TPSA) is 12.0 Å². The Balaban J connectivity index is 2.72. The molecule has 72 valence electrons. The zero-order chi connectivity index (χ0) is 9.68. The number of rotatable bonds is 4. The molecule has 2 heteroatoms. The van der Waals surface area contributed by atoms with Gasteiger partial charge in [0.25, 0.3) is 0 Å². The number of likely N-dealkylation sites (N-methyl/N-ethyl adjacent to an activating group) is 1. The highest BCUT2D eigenvalue weighted by Gasteiger charge is 1.95. The smallest absolute Gasteiger partial charge is 0.0273 e. The molecule has 1 rings (SSSR count). The average molecular weight is 195 g/mol. The van der Waals surface area contributed by atoms with Gasteiger partial charge in [-0.15, -0.1) is 11.3 Å². The lowest BCUT2D eigenvalue weighted by Crippen LogP contribution is -2.09. The lowest BCUT2D eigenvalue weighted by atomic mass is 10.2. The summed E-state index contributed by atoms with van der Waals surface area (Å²) >= 11 is 1.85. The van der Waals surface area contributed by atoms with Crippen LogP contribution in [0.15, 0.2) is 17.7 Å². The van der Waals surface area contributed by atoms with Crippen LogP contribution in [0.4, 0.5) is 0 Å². The summed E-state index contributed by atoms with van der Waals surface area (Å²) in [5.74, 6) is 0. The van der Waals surface area contributed by atoms with E-state index in [1.54, 1.807) is 0 Å². The minimum absolute atomic E-state index is 0.993. The summed E-state index contributed by atoms with van der Waals surface area (Å²) in [5.41, 5.74) is 1.46. The van der Waals surface area contributed by atoms with Gasteiger partial charge in [0.05, 0.1) is 0 Å². The number of aryl methyl sites for hydroxylation is 1. The second-order valence-electron chi connectivity index (χ2n) is 3.13. The van der Waals surface area contributed by atoms with Crippen molar-refractivity contribution in [3.8, 4) is 0 Å². The zero-order valence-corrected chi connectivity index (χ0v) is 9.37. The maximum absolute atomic E-state index is 3.18. The van der Waals surface area contributed by atoms with E-state index in [1.165, 1.54) is 15.3 Å². The fourth-order valence-electron chi connectivity index (χ4n) is 1.24. The second-order valence-corrected chi connectivity index (χ2v) is 4.45. The Bertz CT molecular complexity index is 286. The molecule has 0 bridgehead atoms. The number of nitrogens with one attached hydrogen (secondary N) is 1. The Morgan fingerprint density at radius 2 is 2.31 bits per heavy atom. The van der Waals surface area contributed by atoms with Crippen molar-refractivity contribution < 1.29 is 0 Å². The lowest BCUT2D eigenvalue weighted by Gasteiger charge is -2.01. The molecular weight excluding hydrogens is 178 g/mol. The van der Waals surface area contributed by atoms with Gasteiger partial charge in [0.15, 0.2) is 0 Å². The van der Waals surface area contributed by atoms with Crippen LogP contribution in [0, 0.1) is 6.92 Å². The van der Waals surface area contributed by atoms with Crippen LogP contribution in [0.2, 0.25) is 0 Å². The molecule has 1 aromatic heterocycles. The molecule has 0 atom stereocenters. The molecule has 0 amide bonds. The third-order valence-electron chi connectivity index (χ3n) is 1.97. The molecule has 0 aliphatic rings. The molecule has 1 aromatic rings. The van der Waals surface area contributed by atoms with Crippen LogP contribution in [0.25, 0.3) is 6.08 Å². The van der Waals surface area contributed by atoms with Crippen molar-refractivity contribution in [1.29, 1.82) is 0 Å². The second kappa shape index (κ2) is 5.20. The van der Waals surface area contributed by atoms with Crippen molar-refractivity contribution in [3.05, 3.63) is 27.5 Å². The van der Waals surface area contributed by atoms with E-state index in [2.05, 4.69) is 37.4 Å². The van der Waals surface area contributed by atoms with E-state index in [4.69, 9.17) is 0 Å². The molecule has 0 spiro atoms. The first-order valence-electron chi connectivity index (χ1n) is 4.66. The highest BCUT2D eigenvalue weighted by atomic mass is 32.1. The van der Waals surface area contributed by atoms with Crippen LogP contribution in [0.1, 0.15) is 23.1 Å². The average Bonchev–Trinajstić information content (AvgIpc) is 2.50. The van der Waals surface area contributed by atoms with Crippen LogP contribution < -0.4 is 5.32 Å². The first-order chi connectivity index (χ1) is 6.26. The summed E-state index contributed by atoms with van der Waals surface area (Å²) in [6.07, 6.45) is 3.41. The zero-order valence-electron chi connectivity index (χ0n) is 8.55. The van der Waals surface area contributed by atoms with Crippen LogP contribution >= 0.6 is 11.3 Å². The lowest BCUT2D eigenvalue weighted by molar-refractivity contribution is 0.851. The van der Waals surface area contributed by atoms with Crippen LogP contribution in [0.5, 0.6) is 0 Å². The van der Waals surface area contributed by atoms with Crippen LogP contribution in [-0.4, -0.2) is 13.6 Å². The van der Waals surface area contributed by atoms with Gasteiger partial charge in [-0.25, -0.2) is 0 Å². The summed E-state index contributed by atoms with van der Waals surface area (Å²) in [6.45, 7) is 5.34. The van der Waals surface area contributed by atoms with Crippen LogP contribution in [-0.2, 0) is 0 Å². The van der Waals surface area contributed by atoms with Crippen molar-refractivity contribution in [2.24, 2.45) is 0 Å². The fourth-order valence-corrected chi connectivity index (χ4v) is 2.11. The normalized spacial score (nSPS) is 12.1. The molecule has 0 aliphatic carbocycles. The SMILES string of the molecule is CCC(=Cc1ccc(C)s1)CNC. The molecule has 0 unspecified atom stereocenters. The Morgan fingerprint density at radius 3 is 2.77 bits per heavy atom. The number of hydrogen-bond acceptors (Lipinski definition) is 2. The quantitative estimate of drug-likeness (QED) is 0.778. The van der Waals surface area contributed by atoms with E-state index in [1.807, 2.05) is 18.4 Å². The van der Waals surface area contributed by atoms with Gasteiger partial charge in [-0.3, -0.25) is 0 Å². The van der Waals surface area contributed by atoms with Gasteiger partial charge in [0.2, 0.25) is 0 Å². The van der Waals surface area contributed by atoms with E-state index in [0.29, 0.717) is 0 Å². The molecule has 0 saturated heterocycles. The minimum Gasteiger partial charge on any atom is -0.316 e. The largest absolute Gasteiger partial charge is 0.316 e. The summed E-state index contributed by atoms with van der Waals surface area (Å²) in [6, 6.07) is 4.36.